The van der Waals surface area contributed by atoms with Gasteiger partial charge in [0.15, 0.2) is 0 Å². The molecule has 3 nitrogen and oxygen atoms in total. The van der Waals surface area contributed by atoms with Crippen LogP contribution in [0.3, 0.4) is 0 Å². The van der Waals surface area contributed by atoms with Crippen LogP contribution in [-0.2, 0) is 0 Å². The monoisotopic (exact) mass is 380 g/mol. The van der Waals surface area contributed by atoms with Gasteiger partial charge in [0.25, 0.3) is 0 Å². The normalized spacial score (nSPS) is 11.0. The number of rotatable bonds is 3. The predicted octanol–water partition coefficient (Wildman–Crippen LogP) is 6.37. The number of nitrogens with zero attached hydrogens (tertiary/aromatic N) is 1. The van der Waals surface area contributed by atoms with Crippen molar-refractivity contribution >= 4 is 21.6 Å². The summed E-state index contributed by atoms with van der Waals surface area (Å²) in [6.45, 7) is 0. The van der Waals surface area contributed by atoms with Gasteiger partial charge in [0.1, 0.15) is 10.8 Å². The molecule has 4 heteroatoms. The van der Waals surface area contributed by atoms with Crippen LogP contribution in [0.1, 0.15) is 0 Å². The average Bonchev–Trinajstić information content (AvgIpc) is 3.18. The fourth-order valence-electron chi connectivity index (χ4n) is 3.30. The van der Waals surface area contributed by atoms with Crippen LogP contribution >= 0.6 is 11.3 Å². The zero-order chi connectivity index (χ0) is 18.9. The van der Waals surface area contributed by atoms with Crippen molar-refractivity contribution in [2.45, 2.75) is 0 Å². The van der Waals surface area contributed by atoms with Crippen molar-refractivity contribution in [1.82, 2.24) is 4.98 Å². The minimum atomic E-state index is 0.124. The first-order valence-electron chi connectivity index (χ1n) is 8.99. The van der Waals surface area contributed by atoms with Crippen molar-refractivity contribution in [3.05, 3.63) is 96.5 Å². The Morgan fingerprint density at radius 3 is 2.11 bits per heavy atom. The maximum Gasteiger partial charge on any atom is 0.222 e. The van der Waals surface area contributed by atoms with E-state index in [2.05, 4.69) is 18.2 Å². The zero-order valence-corrected chi connectivity index (χ0v) is 15.7. The van der Waals surface area contributed by atoms with E-state index in [-0.39, 0.29) is 5.55 Å². The number of para-hydroxylation sites is 1. The van der Waals surface area contributed by atoms with Gasteiger partial charge in [0.2, 0.25) is 5.55 Å². The number of fused-ring (bicyclic) bond motifs is 1. The summed E-state index contributed by atoms with van der Waals surface area (Å²) in [6, 6.07) is 30.1. The summed E-state index contributed by atoms with van der Waals surface area (Å²) in [6.07, 6.45) is 0. The molecule has 0 bridgehead atoms. The topological polar surface area (TPSA) is 49.9 Å². The smallest absolute Gasteiger partial charge is 0.222 e. The standard InChI is InChI=1S/C24H16N2OS/c25-23-22(24-26-19-13-7-8-14-21(19)28-24)18(16-9-3-1-4-10-16)15-20(27-23)17-11-5-2-6-12-17/h1-15,25H. The molecule has 28 heavy (non-hydrogen) atoms. The molecular weight excluding hydrogens is 364 g/mol. The van der Waals surface area contributed by atoms with Gasteiger partial charge in [-0.05, 0) is 23.8 Å². The molecule has 3 aromatic carbocycles. The van der Waals surface area contributed by atoms with Gasteiger partial charge in [0, 0.05) is 11.1 Å². The molecule has 1 N–H and O–H groups in total. The van der Waals surface area contributed by atoms with Crippen LogP contribution in [-0.4, -0.2) is 4.98 Å². The molecule has 2 aromatic heterocycles. The largest absolute Gasteiger partial charge is 0.438 e. The van der Waals surface area contributed by atoms with Crippen molar-refractivity contribution in [2.75, 3.05) is 0 Å². The Balaban J connectivity index is 1.79. The van der Waals surface area contributed by atoms with Crippen molar-refractivity contribution in [1.29, 1.82) is 5.41 Å². The minimum absolute atomic E-state index is 0.124. The van der Waals surface area contributed by atoms with E-state index in [0.29, 0.717) is 5.76 Å². The first kappa shape index (κ1) is 16.7. The number of thiazole rings is 1. The molecule has 0 amide bonds. The molecule has 2 heterocycles. The predicted molar refractivity (Wildman–Crippen MR) is 114 cm³/mol. The summed E-state index contributed by atoms with van der Waals surface area (Å²) in [5.74, 6) is 0.675. The average molecular weight is 380 g/mol. The van der Waals surface area contributed by atoms with Crippen molar-refractivity contribution in [3.63, 3.8) is 0 Å². The third-order valence-electron chi connectivity index (χ3n) is 4.63. The highest BCUT2D eigenvalue weighted by Gasteiger charge is 2.18. The summed E-state index contributed by atoms with van der Waals surface area (Å²) < 4.78 is 7.04. The van der Waals surface area contributed by atoms with E-state index in [1.807, 2.05) is 72.8 Å². The van der Waals surface area contributed by atoms with Gasteiger partial charge in [-0.1, -0.05) is 72.8 Å². The van der Waals surface area contributed by atoms with E-state index in [1.54, 1.807) is 11.3 Å². The van der Waals surface area contributed by atoms with E-state index in [9.17, 15) is 0 Å². The highest BCUT2D eigenvalue weighted by Crippen LogP contribution is 2.36. The molecule has 5 rings (SSSR count). The molecule has 0 fully saturated rings. The van der Waals surface area contributed by atoms with Crippen molar-refractivity contribution < 1.29 is 4.42 Å². The molecule has 0 saturated heterocycles. The van der Waals surface area contributed by atoms with Crippen LogP contribution < -0.4 is 5.55 Å². The van der Waals surface area contributed by atoms with Gasteiger partial charge in [-0.25, -0.2) is 4.98 Å². The SMILES string of the molecule is N=c1oc(-c2ccccc2)cc(-c2ccccc2)c1-c1nc2ccccc2s1. The lowest BCUT2D eigenvalue weighted by Crippen LogP contribution is -2.06. The fraction of sp³-hybridized carbons (Fsp3) is 0. The molecule has 0 aliphatic carbocycles. The van der Waals surface area contributed by atoms with Gasteiger partial charge in [-0.2, -0.15) is 0 Å². The van der Waals surface area contributed by atoms with E-state index < -0.39 is 0 Å². The van der Waals surface area contributed by atoms with Crippen LogP contribution in [0.5, 0.6) is 0 Å². The van der Waals surface area contributed by atoms with Crippen molar-refractivity contribution in [3.8, 4) is 33.0 Å². The second kappa shape index (κ2) is 6.91. The fourth-order valence-corrected chi connectivity index (χ4v) is 4.32. The first-order chi connectivity index (χ1) is 13.8. The molecular formula is C24H16N2OS. The summed E-state index contributed by atoms with van der Waals surface area (Å²) in [5.41, 5.74) is 4.73. The van der Waals surface area contributed by atoms with E-state index in [4.69, 9.17) is 14.8 Å². The maximum atomic E-state index is 8.66. The number of aromatic nitrogens is 1. The molecule has 0 aliphatic heterocycles. The summed E-state index contributed by atoms with van der Waals surface area (Å²) >= 11 is 1.58. The number of nitrogens with one attached hydrogen (secondary N) is 1. The highest BCUT2D eigenvalue weighted by molar-refractivity contribution is 7.21. The molecule has 0 saturated carbocycles. The summed E-state index contributed by atoms with van der Waals surface area (Å²) in [5, 5.41) is 9.46. The van der Waals surface area contributed by atoms with Crippen LogP contribution in [0.25, 0.3) is 43.2 Å². The number of hydrogen-bond donors (Lipinski definition) is 1. The Hall–Kier alpha value is -3.50. The van der Waals surface area contributed by atoms with E-state index in [1.165, 1.54) is 0 Å². The first-order valence-corrected chi connectivity index (χ1v) is 9.81. The van der Waals surface area contributed by atoms with Gasteiger partial charge in [-0.3, -0.25) is 5.41 Å². The Bertz CT molecular complexity index is 1290. The molecule has 0 atom stereocenters. The van der Waals surface area contributed by atoms with Crippen LogP contribution in [0.15, 0.2) is 95.4 Å². The van der Waals surface area contributed by atoms with Crippen molar-refractivity contribution in [2.24, 2.45) is 0 Å². The lowest BCUT2D eigenvalue weighted by molar-refractivity contribution is 0.504. The number of benzene rings is 3. The number of hydrogen-bond acceptors (Lipinski definition) is 4. The Labute approximate surface area is 166 Å². The van der Waals surface area contributed by atoms with E-state index >= 15 is 0 Å². The van der Waals surface area contributed by atoms with Gasteiger partial charge < -0.3 is 4.42 Å². The minimum Gasteiger partial charge on any atom is -0.438 e. The molecule has 0 radical (unpaired) electrons. The maximum absolute atomic E-state index is 8.66. The molecule has 0 unspecified atom stereocenters. The molecule has 5 aromatic rings. The van der Waals surface area contributed by atoms with Crippen LogP contribution in [0, 0.1) is 5.41 Å². The molecule has 134 valence electrons. The lowest BCUT2D eigenvalue weighted by atomic mass is 10.00. The third kappa shape index (κ3) is 2.94. The second-order valence-corrected chi connectivity index (χ2v) is 7.48. The Morgan fingerprint density at radius 1 is 0.750 bits per heavy atom. The molecule has 0 spiro atoms. The van der Waals surface area contributed by atoms with Crippen LogP contribution in [0.4, 0.5) is 0 Å². The van der Waals surface area contributed by atoms with Gasteiger partial charge in [0.05, 0.1) is 15.8 Å². The molecule has 0 aliphatic rings. The Morgan fingerprint density at radius 2 is 1.39 bits per heavy atom. The third-order valence-corrected chi connectivity index (χ3v) is 5.69. The Kier molecular flexibility index (Phi) is 4.11. The van der Waals surface area contributed by atoms with Gasteiger partial charge in [-0.15, -0.1) is 11.3 Å². The van der Waals surface area contributed by atoms with Gasteiger partial charge >= 0.3 is 0 Å². The summed E-state index contributed by atoms with van der Waals surface area (Å²) in [4.78, 5) is 4.77. The van der Waals surface area contributed by atoms with E-state index in [0.717, 1.165) is 37.5 Å². The zero-order valence-electron chi connectivity index (χ0n) is 14.9. The highest BCUT2D eigenvalue weighted by atomic mass is 32.1. The van der Waals surface area contributed by atoms with Crippen LogP contribution in [0.2, 0.25) is 0 Å². The lowest BCUT2D eigenvalue weighted by Gasteiger charge is -2.10. The quantitative estimate of drug-likeness (QED) is 0.395. The summed E-state index contributed by atoms with van der Waals surface area (Å²) in [7, 11) is 0. The second-order valence-electron chi connectivity index (χ2n) is 6.45.